The van der Waals surface area contributed by atoms with Crippen LogP contribution in [0, 0.1) is 0 Å². The molecule has 4 heterocycles. The van der Waals surface area contributed by atoms with Crippen LogP contribution >= 0.6 is 37.8 Å². The summed E-state index contributed by atoms with van der Waals surface area (Å²) in [5, 5.41) is 10.9. The van der Waals surface area contributed by atoms with Crippen molar-refractivity contribution in [1.29, 1.82) is 0 Å². The van der Waals surface area contributed by atoms with Gasteiger partial charge in [0.1, 0.15) is 16.1 Å². The van der Waals surface area contributed by atoms with E-state index in [4.69, 9.17) is 0 Å². The molecule has 2 unspecified atom stereocenters. The highest BCUT2D eigenvalue weighted by molar-refractivity contribution is 8.03. The van der Waals surface area contributed by atoms with E-state index in [2.05, 4.69) is 169 Å². The van der Waals surface area contributed by atoms with Gasteiger partial charge in [-0.05, 0) is 106 Å². The Morgan fingerprint density at radius 1 is 0.338 bits per heavy atom. The summed E-state index contributed by atoms with van der Waals surface area (Å²) in [4.78, 5) is 9.16. The normalized spacial score (nSPS) is 19.8. The molecule has 13 rings (SSSR count). The van der Waals surface area contributed by atoms with Crippen LogP contribution < -0.4 is 62.4 Å². The first-order valence-corrected chi connectivity index (χ1v) is 34.2. The molecule has 68 heavy (non-hydrogen) atoms. The fraction of sp³-hybridized carbons (Fsp3) is 0.0690. The standard InChI is InChI=1S/C58H46N2O2P2S2Si2/c1-67(2)55-29-17-11-23-43(55)59(39-31-33-49-53(35-39)65-51-27-15-13-25-47(51)63(49,61)41-19-7-5-8-20-41)45-38-58-46(37-57(45)67)60(44-24-12-18-30-56(44)68(58,3)4)40-32-34-50-54(36-40)66-52-28-16-14-26-48(52)64(50,62)42-21-9-6-10-22-42/h5-38H,1-4H3. The third kappa shape index (κ3) is 5.95. The SMILES string of the molecule is C[Si]1(C)c2ccccc2N(c2ccc3c(c2)Sc2ccccc2P3(=O)c2ccccc2)c2cc3c(cc21)N(c1ccc2c(c1)Sc1ccccc1P2(=O)c1ccccc1)c1ccccc1[Si]3(C)C. The highest BCUT2D eigenvalue weighted by atomic mass is 32.2. The van der Waals surface area contributed by atoms with Crippen molar-refractivity contribution in [1.82, 2.24) is 0 Å². The van der Waals surface area contributed by atoms with Crippen molar-refractivity contribution in [3.05, 3.63) is 206 Å². The first-order chi connectivity index (χ1) is 33.0. The van der Waals surface area contributed by atoms with E-state index < -0.39 is 30.4 Å². The number of nitrogens with zero attached hydrogens (tertiary/aromatic N) is 2. The second kappa shape index (κ2) is 15.3. The Balaban J connectivity index is 1.01. The molecule has 0 saturated carbocycles. The first-order valence-electron chi connectivity index (χ1n) is 23.1. The monoisotopic (exact) mass is 984 g/mol. The van der Waals surface area contributed by atoms with E-state index in [1.54, 1.807) is 23.5 Å². The van der Waals surface area contributed by atoms with E-state index in [-0.39, 0.29) is 0 Å². The van der Waals surface area contributed by atoms with Crippen LogP contribution in [0.2, 0.25) is 26.2 Å². The van der Waals surface area contributed by atoms with Crippen molar-refractivity contribution in [3.8, 4) is 0 Å². The molecule has 4 aliphatic heterocycles. The molecule has 0 fully saturated rings. The first kappa shape index (κ1) is 42.3. The predicted octanol–water partition coefficient (Wildman–Crippen LogP) is 11.1. The van der Waals surface area contributed by atoms with Gasteiger partial charge in [-0.3, -0.25) is 0 Å². The summed E-state index contributed by atoms with van der Waals surface area (Å²) in [6, 6.07) is 73.0. The fourth-order valence-electron chi connectivity index (χ4n) is 11.4. The molecule has 0 aromatic heterocycles. The summed E-state index contributed by atoms with van der Waals surface area (Å²) in [7, 11) is -11.0. The summed E-state index contributed by atoms with van der Waals surface area (Å²) < 4.78 is 31.4. The Morgan fingerprint density at radius 2 is 0.691 bits per heavy atom. The zero-order valence-corrected chi connectivity index (χ0v) is 43.5. The molecule has 0 amide bonds. The van der Waals surface area contributed by atoms with Gasteiger partial charge in [0, 0.05) is 85.5 Å². The third-order valence-electron chi connectivity index (χ3n) is 14.7. The van der Waals surface area contributed by atoms with E-state index in [9.17, 15) is 0 Å². The Morgan fingerprint density at radius 3 is 1.12 bits per heavy atom. The smallest absolute Gasteiger partial charge is 0.173 e. The molecule has 9 aromatic carbocycles. The van der Waals surface area contributed by atoms with Gasteiger partial charge in [0.05, 0.1) is 0 Å². The van der Waals surface area contributed by atoms with Gasteiger partial charge in [-0.2, -0.15) is 0 Å². The maximum atomic E-state index is 15.7. The van der Waals surface area contributed by atoms with E-state index in [0.717, 1.165) is 62.8 Å². The average Bonchev–Trinajstić information content (AvgIpc) is 3.37. The van der Waals surface area contributed by atoms with Gasteiger partial charge in [0.15, 0.2) is 14.3 Å². The van der Waals surface area contributed by atoms with Crippen LogP contribution in [0.1, 0.15) is 0 Å². The van der Waals surface area contributed by atoms with Gasteiger partial charge < -0.3 is 18.9 Å². The Labute approximate surface area is 408 Å². The highest BCUT2D eigenvalue weighted by Gasteiger charge is 2.46. The van der Waals surface area contributed by atoms with Crippen molar-refractivity contribution in [2.24, 2.45) is 0 Å². The average molecular weight is 985 g/mol. The summed E-state index contributed by atoms with van der Waals surface area (Å²) in [6.45, 7) is 10.0. The second-order valence-corrected chi connectivity index (χ2v) is 35.4. The topological polar surface area (TPSA) is 40.6 Å². The van der Waals surface area contributed by atoms with E-state index in [0.29, 0.717) is 0 Å². The summed E-state index contributed by atoms with van der Waals surface area (Å²) in [5.41, 5.74) is 7.02. The van der Waals surface area contributed by atoms with Crippen molar-refractivity contribution in [3.63, 3.8) is 0 Å². The van der Waals surface area contributed by atoms with Gasteiger partial charge in [0.2, 0.25) is 0 Å². The number of para-hydroxylation sites is 2. The molecule has 0 N–H and O–H groups in total. The number of hydrogen-bond acceptors (Lipinski definition) is 6. The predicted molar refractivity (Wildman–Crippen MR) is 296 cm³/mol. The largest absolute Gasteiger partial charge is 0.311 e. The van der Waals surface area contributed by atoms with Crippen molar-refractivity contribution >= 4 is 141 Å². The van der Waals surface area contributed by atoms with Crippen LogP contribution in [0.3, 0.4) is 0 Å². The zero-order valence-electron chi connectivity index (χ0n) is 38.1. The molecule has 2 atom stereocenters. The van der Waals surface area contributed by atoms with Gasteiger partial charge in [-0.1, -0.05) is 171 Å². The molecule has 10 heteroatoms. The van der Waals surface area contributed by atoms with Crippen LogP contribution in [0.25, 0.3) is 0 Å². The molecule has 0 saturated heterocycles. The minimum Gasteiger partial charge on any atom is -0.311 e. The third-order valence-corrected chi connectivity index (χ3v) is 31.0. The molecule has 0 spiro atoms. The van der Waals surface area contributed by atoms with Gasteiger partial charge in [-0.15, -0.1) is 0 Å². The zero-order chi connectivity index (χ0) is 46.2. The molecular formula is C58H46N2O2P2S2Si2. The molecule has 330 valence electrons. The van der Waals surface area contributed by atoms with E-state index >= 15 is 9.13 Å². The van der Waals surface area contributed by atoms with E-state index in [1.807, 2.05) is 72.8 Å². The van der Waals surface area contributed by atoms with Crippen LogP contribution in [-0.4, -0.2) is 16.1 Å². The number of anilines is 6. The van der Waals surface area contributed by atoms with E-state index in [1.165, 1.54) is 43.5 Å². The number of rotatable bonds is 4. The minimum absolute atomic E-state index is 0.861. The maximum Gasteiger partial charge on any atom is 0.173 e. The number of fused-ring (bicyclic) bond motifs is 8. The Bertz CT molecular complexity index is 3450. The van der Waals surface area contributed by atoms with Crippen LogP contribution in [0.5, 0.6) is 0 Å². The molecule has 0 radical (unpaired) electrons. The molecule has 0 aliphatic carbocycles. The second-order valence-electron chi connectivity index (χ2n) is 19.2. The number of hydrogen-bond donors (Lipinski definition) is 0. The lowest BCUT2D eigenvalue weighted by Gasteiger charge is -2.46. The minimum atomic E-state index is -3.16. The molecule has 9 aromatic rings. The van der Waals surface area contributed by atoms with Crippen LogP contribution in [0.15, 0.2) is 226 Å². The summed E-state index contributed by atoms with van der Waals surface area (Å²) in [5.74, 6) is 0. The maximum absolute atomic E-state index is 15.7. The number of benzene rings is 9. The molecular weight excluding hydrogens is 939 g/mol. The lowest BCUT2D eigenvalue weighted by molar-refractivity contribution is 0.591. The van der Waals surface area contributed by atoms with Crippen molar-refractivity contribution in [2.75, 3.05) is 9.80 Å². The molecule has 4 aliphatic rings. The van der Waals surface area contributed by atoms with Gasteiger partial charge in [0.25, 0.3) is 0 Å². The lowest BCUT2D eigenvalue weighted by atomic mass is 10.1. The summed E-state index contributed by atoms with van der Waals surface area (Å²) in [6.07, 6.45) is 0. The highest BCUT2D eigenvalue weighted by Crippen LogP contribution is 2.55. The van der Waals surface area contributed by atoms with Gasteiger partial charge >= 0.3 is 0 Å². The van der Waals surface area contributed by atoms with Crippen LogP contribution in [0.4, 0.5) is 34.1 Å². The Kier molecular flexibility index (Phi) is 9.54. The quantitative estimate of drug-likeness (QED) is 0.129. The lowest BCUT2D eigenvalue weighted by Crippen LogP contribution is -2.62. The fourth-order valence-corrected chi connectivity index (χ4v) is 26.7. The van der Waals surface area contributed by atoms with Crippen molar-refractivity contribution in [2.45, 2.75) is 45.8 Å². The van der Waals surface area contributed by atoms with Crippen molar-refractivity contribution < 1.29 is 9.13 Å². The summed E-state index contributed by atoms with van der Waals surface area (Å²) >= 11 is 3.46. The molecule has 0 bridgehead atoms. The van der Waals surface area contributed by atoms with Crippen LogP contribution in [-0.2, 0) is 9.13 Å². The Hall–Kier alpha value is -5.83. The molecule has 4 nitrogen and oxygen atoms in total. The van der Waals surface area contributed by atoms with Gasteiger partial charge in [-0.25, -0.2) is 0 Å².